The van der Waals surface area contributed by atoms with Crippen LogP contribution in [0.3, 0.4) is 0 Å². The summed E-state index contributed by atoms with van der Waals surface area (Å²) in [6.07, 6.45) is 3.79. The van der Waals surface area contributed by atoms with E-state index in [1.54, 1.807) is 31.3 Å². The summed E-state index contributed by atoms with van der Waals surface area (Å²) >= 11 is 0. The average molecular weight is 325 g/mol. The molecule has 0 amide bonds. The van der Waals surface area contributed by atoms with Gasteiger partial charge in [-0.2, -0.15) is 0 Å². The van der Waals surface area contributed by atoms with Gasteiger partial charge in [0.25, 0.3) is 5.56 Å². The predicted molar refractivity (Wildman–Crippen MR) is 89.2 cm³/mol. The zero-order valence-electron chi connectivity index (χ0n) is 13.1. The molecule has 2 aromatic heterocycles. The number of rotatable bonds is 5. The second-order valence-electron chi connectivity index (χ2n) is 5.28. The highest BCUT2D eigenvalue weighted by molar-refractivity contribution is 5.57. The summed E-state index contributed by atoms with van der Waals surface area (Å²) < 4.78 is 12.9. The molecule has 2 heterocycles. The van der Waals surface area contributed by atoms with Crippen molar-refractivity contribution in [3.8, 4) is 11.3 Å². The Kier molecular flexibility index (Phi) is 4.60. The van der Waals surface area contributed by atoms with E-state index in [0.717, 1.165) is 5.56 Å². The number of hydrogen-bond acceptors (Lipinski definition) is 5. The fourth-order valence-corrected chi connectivity index (χ4v) is 2.23. The van der Waals surface area contributed by atoms with Crippen molar-refractivity contribution in [2.45, 2.75) is 13.3 Å². The second kappa shape index (κ2) is 6.99. The molecule has 3 aromatic rings. The van der Waals surface area contributed by atoms with Crippen LogP contribution in [-0.4, -0.2) is 26.5 Å². The third-order valence-electron chi connectivity index (χ3n) is 3.47. The van der Waals surface area contributed by atoms with E-state index in [9.17, 15) is 9.18 Å². The molecule has 0 bridgehead atoms. The van der Waals surface area contributed by atoms with Crippen LogP contribution >= 0.6 is 0 Å². The van der Waals surface area contributed by atoms with Gasteiger partial charge in [-0.3, -0.25) is 4.79 Å². The number of hydrogen-bond donors (Lipinski definition) is 2. The number of benzene rings is 1. The predicted octanol–water partition coefficient (Wildman–Crippen LogP) is 2.33. The van der Waals surface area contributed by atoms with E-state index in [1.165, 1.54) is 18.3 Å². The summed E-state index contributed by atoms with van der Waals surface area (Å²) in [5.41, 5.74) is 1.67. The molecular weight excluding hydrogens is 309 g/mol. The van der Waals surface area contributed by atoms with E-state index in [1.807, 2.05) is 0 Å². The van der Waals surface area contributed by atoms with Crippen molar-refractivity contribution >= 4 is 5.95 Å². The van der Waals surface area contributed by atoms with Gasteiger partial charge in [-0.25, -0.2) is 19.3 Å². The van der Waals surface area contributed by atoms with Gasteiger partial charge in [0.1, 0.15) is 11.6 Å². The quantitative estimate of drug-likeness (QED) is 0.752. The lowest BCUT2D eigenvalue weighted by atomic mass is 10.1. The standard InChI is InChI=1S/C17H16FN5O/c1-11-21-10-14(16(24)22-11)15-7-9-20-17(23-15)19-8-6-12-2-4-13(18)5-3-12/h2-5,7,9-10H,6,8H2,1H3,(H,19,20,23)(H,21,22,24). The Morgan fingerprint density at radius 2 is 1.96 bits per heavy atom. The fraction of sp³-hybridized carbons (Fsp3) is 0.176. The van der Waals surface area contributed by atoms with Crippen molar-refractivity contribution in [3.63, 3.8) is 0 Å². The minimum atomic E-state index is -0.250. The first kappa shape index (κ1) is 15.8. The van der Waals surface area contributed by atoms with Gasteiger partial charge in [0.2, 0.25) is 5.95 Å². The third kappa shape index (κ3) is 3.81. The molecule has 0 aliphatic carbocycles. The summed E-state index contributed by atoms with van der Waals surface area (Å²) in [4.78, 5) is 27.2. The maximum absolute atomic E-state index is 12.9. The van der Waals surface area contributed by atoms with Crippen molar-refractivity contribution in [2.75, 3.05) is 11.9 Å². The van der Waals surface area contributed by atoms with Crippen LogP contribution < -0.4 is 10.9 Å². The van der Waals surface area contributed by atoms with Gasteiger partial charge in [0.05, 0.1) is 11.3 Å². The highest BCUT2D eigenvalue weighted by Crippen LogP contribution is 2.12. The van der Waals surface area contributed by atoms with E-state index in [2.05, 4.69) is 25.3 Å². The van der Waals surface area contributed by atoms with Gasteiger partial charge >= 0.3 is 0 Å². The first-order chi connectivity index (χ1) is 11.6. The monoisotopic (exact) mass is 325 g/mol. The zero-order valence-corrected chi connectivity index (χ0v) is 13.1. The van der Waals surface area contributed by atoms with Crippen molar-refractivity contribution in [3.05, 3.63) is 70.3 Å². The van der Waals surface area contributed by atoms with Gasteiger partial charge in [-0.15, -0.1) is 0 Å². The van der Waals surface area contributed by atoms with Crippen LogP contribution in [0.4, 0.5) is 10.3 Å². The SMILES string of the molecule is Cc1ncc(-c2ccnc(NCCc3ccc(F)cc3)n2)c(=O)[nH]1. The van der Waals surface area contributed by atoms with Crippen LogP contribution in [0.2, 0.25) is 0 Å². The maximum atomic E-state index is 12.9. The lowest BCUT2D eigenvalue weighted by Gasteiger charge is -2.06. The molecule has 0 saturated heterocycles. The van der Waals surface area contributed by atoms with E-state index in [4.69, 9.17) is 0 Å². The molecule has 2 N–H and O–H groups in total. The Bertz CT molecular complexity index is 892. The highest BCUT2D eigenvalue weighted by Gasteiger charge is 2.07. The molecule has 6 nitrogen and oxygen atoms in total. The lowest BCUT2D eigenvalue weighted by Crippen LogP contribution is -2.13. The van der Waals surface area contributed by atoms with Gasteiger partial charge in [-0.05, 0) is 37.1 Å². The minimum Gasteiger partial charge on any atom is -0.354 e. The first-order valence-corrected chi connectivity index (χ1v) is 7.49. The summed E-state index contributed by atoms with van der Waals surface area (Å²) in [6.45, 7) is 2.31. The van der Waals surface area contributed by atoms with Crippen LogP contribution in [-0.2, 0) is 6.42 Å². The van der Waals surface area contributed by atoms with Crippen LogP contribution in [0.1, 0.15) is 11.4 Å². The van der Waals surface area contributed by atoms with Gasteiger partial charge < -0.3 is 10.3 Å². The van der Waals surface area contributed by atoms with E-state index in [0.29, 0.717) is 36.0 Å². The molecule has 0 fully saturated rings. The van der Waals surface area contributed by atoms with Crippen LogP contribution in [0, 0.1) is 12.7 Å². The second-order valence-corrected chi connectivity index (χ2v) is 5.28. The first-order valence-electron chi connectivity index (χ1n) is 7.49. The number of halogens is 1. The maximum Gasteiger partial charge on any atom is 0.260 e. The van der Waals surface area contributed by atoms with Crippen LogP contribution in [0.25, 0.3) is 11.3 Å². The van der Waals surface area contributed by atoms with Crippen molar-refractivity contribution in [2.24, 2.45) is 0 Å². The molecule has 1 aromatic carbocycles. The van der Waals surface area contributed by atoms with E-state index < -0.39 is 0 Å². The van der Waals surface area contributed by atoms with Crippen molar-refractivity contribution < 1.29 is 4.39 Å². The molecule has 0 radical (unpaired) electrons. The Labute approximate surface area is 137 Å². The molecule has 0 unspecified atom stereocenters. The van der Waals surface area contributed by atoms with Crippen LogP contribution in [0.15, 0.2) is 47.5 Å². The number of aromatic nitrogens is 4. The lowest BCUT2D eigenvalue weighted by molar-refractivity contribution is 0.627. The Balaban J connectivity index is 1.69. The summed E-state index contributed by atoms with van der Waals surface area (Å²) in [5, 5.41) is 3.10. The van der Waals surface area contributed by atoms with Gasteiger partial charge in [-0.1, -0.05) is 12.1 Å². The molecule has 3 rings (SSSR count). The fourth-order valence-electron chi connectivity index (χ4n) is 2.23. The zero-order chi connectivity index (χ0) is 16.9. The molecule has 7 heteroatoms. The Morgan fingerprint density at radius 3 is 2.71 bits per heavy atom. The molecule has 122 valence electrons. The van der Waals surface area contributed by atoms with Crippen molar-refractivity contribution in [1.29, 1.82) is 0 Å². The normalized spacial score (nSPS) is 10.6. The number of nitrogens with zero attached hydrogens (tertiary/aromatic N) is 3. The number of nitrogens with one attached hydrogen (secondary N) is 2. The minimum absolute atomic E-state index is 0.238. The number of aryl methyl sites for hydroxylation is 1. The summed E-state index contributed by atoms with van der Waals surface area (Å²) in [6, 6.07) is 8.01. The average Bonchev–Trinajstić information content (AvgIpc) is 2.57. The Morgan fingerprint density at radius 1 is 1.17 bits per heavy atom. The largest absolute Gasteiger partial charge is 0.354 e. The summed E-state index contributed by atoms with van der Waals surface area (Å²) in [7, 11) is 0. The highest BCUT2D eigenvalue weighted by atomic mass is 19.1. The van der Waals surface area contributed by atoms with Gasteiger partial charge in [0.15, 0.2) is 0 Å². The number of aromatic amines is 1. The third-order valence-corrected chi connectivity index (χ3v) is 3.47. The Hall–Kier alpha value is -3.09. The molecular formula is C17H16FN5O. The van der Waals surface area contributed by atoms with Crippen molar-refractivity contribution in [1.82, 2.24) is 19.9 Å². The smallest absolute Gasteiger partial charge is 0.260 e. The molecule has 0 saturated carbocycles. The molecule has 0 atom stereocenters. The van der Waals surface area contributed by atoms with E-state index in [-0.39, 0.29) is 11.4 Å². The topological polar surface area (TPSA) is 83.6 Å². The molecule has 0 aliphatic rings. The summed E-state index contributed by atoms with van der Waals surface area (Å²) in [5.74, 6) is 0.727. The molecule has 0 spiro atoms. The number of H-pyrrole nitrogens is 1. The number of anilines is 1. The van der Waals surface area contributed by atoms with Crippen LogP contribution in [0.5, 0.6) is 0 Å². The molecule has 24 heavy (non-hydrogen) atoms. The van der Waals surface area contributed by atoms with Gasteiger partial charge in [0, 0.05) is 18.9 Å². The van der Waals surface area contributed by atoms with E-state index >= 15 is 0 Å². The molecule has 0 aliphatic heterocycles.